The summed E-state index contributed by atoms with van der Waals surface area (Å²) in [6.07, 6.45) is 18.7. The summed E-state index contributed by atoms with van der Waals surface area (Å²) in [4.78, 5) is 0. The van der Waals surface area contributed by atoms with Gasteiger partial charge in [-0.1, -0.05) is 42.9 Å². The average Bonchev–Trinajstić information content (AvgIpc) is 2.26. The van der Waals surface area contributed by atoms with Crippen LogP contribution in [-0.2, 0) is 0 Å². The van der Waals surface area contributed by atoms with Gasteiger partial charge in [-0.05, 0) is 52.4 Å². The van der Waals surface area contributed by atoms with E-state index < -0.39 is 0 Å². The third kappa shape index (κ3) is 11.1. The molecule has 0 aromatic heterocycles. The molecule has 0 aromatic carbocycles. The summed E-state index contributed by atoms with van der Waals surface area (Å²) in [5.74, 6) is 0. The number of rotatable bonds is 8. The van der Waals surface area contributed by atoms with Gasteiger partial charge in [0.1, 0.15) is 0 Å². The Morgan fingerprint density at radius 2 is 1.67 bits per heavy atom. The summed E-state index contributed by atoms with van der Waals surface area (Å²) >= 11 is 0. The molecule has 0 unspecified atom stereocenters. The van der Waals surface area contributed by atoms with Crippen LogP contribution in [0.15, 0.2) is 36.0 Å². The second kappa shape index (κ2) is 11.3. The fraction of sp³-hybridized carbons (Fsp3) is 0.600. The third-order valence-corrected chi connectivity index (χ3v) is 2.55. The van der Waals surface area contributed by atoms with Crippen molar-refractivity contribution in [2.24, 2.45) is 0 Å². The van der Waals surface area contributed by atoms with Gasteiger partial charge in [0, 0.05) is 0 Å². The zero-order valence-corrected chi connectivity index (χ0v) is 10.6. The van der Waals surface area contributed by atoms with Crippen molar-refractivity contribution in [1.29, 1.82) is 0 Å². The van der Waals surface area contributed by atoms with Crippen molar-refractivity contribution >= 4 is 0 Å². The van der Waals surface area contributed by atoms with E-state index in [1.807, 2.05) is 0 Å². The Morgan fingerprint density at radius 3 is 2.27 bits per heavy atom. The molecule has 0 atom stereocenters. The van der Waals surface area contributed by atoms with E-state index in [0.29, 0.717) is 0 Å². The van der Waals surface area contributed by atoms with Crippen molar-refractivity contribution in [2.75, 3.05) is 0 Å². The van der Waals surface area contributed by atoms with Gasteiger partial charge in [0.15, 0.2) is 0 Å². The average molecular weight is 206 g/mol. The first-order chi connectivity index (χ1) is 7.31. The molecule has 0 spiro atoms. The van der Waals surface area contributed by atoms with Crippen LogP contribution in [0, 0.1) is 0 Å². The van der Waals surface area contributed by atoms with E-state index in [1.165, 1.54) is 37.7 Å². The maximum absolute atomic E-state index is 2.32. The molecule has 15 heavy (non-hydrogen) atoms. The normalized spacial score (nSPS) is 13.1. The predicted octanol–water partition coefficient (Wildman–Crippen LogP) is 5.43. The highest BCUT2D eigenvalue weighted by Gasteiger charge is 1.83. The molecule has 0 rings (SSSR count). The van der Waals surface area contributed by atoms with Crippen LogP contribution in [0.1, 0.15) is 59.3 Å². The maximum atomic E-state index is 2.32. The first-order valence-corrected chi connectivity index (χ1v) is 6.23. The molecule has 0 aliphatic rings. The summed E-state index contributed by atoms with van der Waals surface area (Å²) < 4.78 is 0. The molecule has 0 bridgehead atoms. The summed E-state index contributed by atoms with van der Waals surface area (Å²) in [6, 6.07) is 0. The zero-order chi connectivity index (χ0) is 11.4. The molecule has 0 aliphatic heterocycles. The minimum atomic E-state index is 1.11. The Kier molecular flexibility index (Phi) is 10.7. The topological polar surface area (TPSA) is 0 Å². The highest BCUT2D eigenvalue weighted by atomic mass is 13.9. The molecular weight excluding hydrogens is 180 g/mol. The van der Waals surface area contributed by atoms with Crippen LogP contribution >= 0.6 is 0 Å². The standard InChI is InChI=1S/C15H26/c1-4-6-7-8-9-10-11-12-13-14-15(3)5-2/h4,6,11-12,14H,5,7-10,13H2,1-3H3. The van der Waals surface area contributed by atoms with Crippen LogP contribution in [0.3, 0.4) is 0 Å². The van der Waals surface area contributed by atoms with Gasteiger partial charge in [-0.2, -0.15) is 0 Å². The number of unbranched alkanes of at least 4 members (excludes halogenated alkanes) is 3. The monoisotopic (exact) mass is 206 g/mol. The van der Waals surface area contributed by atoms with Crippen LogP contribution in [0.4, 0.5) is 0 Å². The Bertz CT molecular complexity index is 206. The maximum Gasteiger partial charge on any atom is -0.0167 e. The van der Waals surface area contributed by atoms with Gasteiger partial charge in [0.05, 0.1) is 0 Å². The Morgan fingerprint density at radius 1 is 1.00 bits per heavy atom. The summed E-state index contributed by atoms with van der Waals surface area (Å²) in [5, 5.41) is 0. The summed E-state index contributed by atoms with van der Waals surface area (Å²) in [7, 11) is 0. The van der Waals surface area contributed by atoms with Gasteiger partial charge in [0.2, 0.25) is 0 Å². The van der Waals surface area contributed by atoms with Gasteiger partial charge < -0.3 is 0 Å². The molecule has 0 amide bonds. The van der Waals surface area contributed by atoms with E-state index in [2.05, 4.69) is 51.2 Å². The fourth-order valence-electron chi connectivity index (χ4n) is 1.32. The summed E-state index contributed by atoms with van der Waals surface area (Å²) in [6.45, 7) is 6.49. The largest absolute Gasteiger partial charge is 0.0917 e. The number of hydrogen-bond donors (Lipinski definition) is 0. The molecule has 0 aliphatic carbocycles. The first kappa shape index (κ1) is 14.2. The lowest BCUT2D eigenvalue weighted by Crippen LogP contribution is -1.73. The Labute approximate surface area is 95.8 Å². The van der Waals surface area contributed by atoms with Gasteiger partial charge >= 0.3 is 0 Å². The van der Waals surface area contributed by atoms with E-state index >= 15 is 0 Å². The van der Waals surface area contributed by atoms with E-state index in [4.69, 9.17) is 0 Å². The van der Waals surface area contributed by atoms with Gasteiger partial charge in [-0.15, -0.1) is 0 Å². The Hall–Kier alpha value is -0.780. The third-order valence-electron chi connectivity index (χ3n) is 2.55. The van der Waals surface area contributed by atoms with Crippen LogP contribution in [0.25, 0.3) is 0 Å². The van der Waals surface area contributed by atoms with E-state index in [0.717, 1.165) is 6.42 Å². The van der Waals surface area contributed by atoms with Crippen LogP contribution in [0.2, 0.25) is 0 Å². The molecule has 0 heterocycles. The van der Waals surface area contributed by atoms with Crippen molar-refractivity contribution in [2.45, 2.75) is 59.3 Å². The van der Waals surface area contributed by atoms with Crippen molar-refractivity contribution in [3.05, 3.63) is 36.0 Å². The van der Waals surface area contributed by atoms with E-state index in [1.54, 1.807) is 0 Å². The molecule has 0 fully saturated rings. The van der Waals surface area contributed by atoms with Crippen molar-refractivity contribution in [3.63, 3.8) is 0 Å². The van der Waals surface area contributed by atoms with Crippen molar-refractivity contribution in [1.82, 2.24) is 0 Å². The molecule has 0 N–H and O–H groups in total. The molecule has 0 nitrogen and oxygen atoms in total. The molecule has 0 heteroatoms. The first-order valence-electron chi connectivity index (χ1n) is 6.23. The van der Waals surface area contributed by atoms with E-state index in [9.17, 15) is 0 Å². The molecular formula is C15H26. The number of hydrogen-bond acceptors (Lipinski definition) is 0. The lowest BCUT2D eigenvalue weighted by molar-refractivity contribution is 0.761. The highest BCUT2D eigenvalue weighted by Crippen LogP contribution is 2.04. The lowest BCUT2D eigenvalue weighted by atomic mass is 10.1. The van der Waals surface area contributed by atoms with Gasteiger partial charge in [-0.25, -0.2) is 0 Å². The quantitative estimate of drug-likeness (QED) is 0.367. The zero-order valence-electron chi connectivity index (χ0n) is 10.6. The predicted molar refractivity (Wildman–Crippen MR) is 71.1 cm³/mol. The second-order valence-corrected chi connectivity index (χ2v) is 3.96. The summed E-state index contributed by atoms with van der Waals surface area (Å²) in [5.41, 5.74) is 1.49. The van der Waals surface area contributed by atoms with Crippen molar-refractivity contribution < 1.29 is 0 Å². The van der Waals surface area contributed by atoms with Crippen LogP contribution in [-0.4, -0.2) is 0 Å². The molecule has 0 saturated heterocycles. The van der Waals surface area contributed by atoms with E-state index in [-0.39, 0.29) is 0 Å². The molecule has 0 radical (unpaired) electrons. The van der Waals surface area contributed by atoms with Crippen LogP contribution < -0.4 is 0 Å². The van der Waals surface area contributed by atoms with Crippen molar-refractivity contribution in [3.8, 4) is 0 Å². The SMILES string of the molecule is CC=CCCCCC=CCC=C(C)CC. The Balaban J connectivity index is 3.32. The smallest absolute Gasteiger partial charge is 0.0167 e. The van der Waals surface area contributed by atoms with Gasteiger partial charge in [0.25, 0.3) is 0 Å². The molecule has 86 valence electrons. The molecule has 0 aromatic rings. The second-order valence-electron chi connectivity index (χ2n) is 3.96. The minimum absolute atomic E-state index is 1.11. The fourth-order valence-corrected chi connectivity index (χ4v) is 1.32. The van der Waals surface area contributed by atoms with Gasteiger partial charge in [-0.3, -0.25) is 0 Å². The highest BCUT2D eigenvalue weighted by molar-refractivity contribution is 5.01. The minimum Gasteiger partial charge on any atom is -0.0917 e. The van der Waals surface area contributed by atoms with Crippen LogP contribution in [0.5, 0.6) is 0 Å². The molecule has 0 saturated carbocycles. The lowest BCUT2D eigenvalue weighted by Gasteiger charge is -1.93. The number of allylic oxidation sites excluding steroid dienone is 6.